The van der Waals surface area contributed by atoms with E-state index in [2.05, 4.69) is 5.32 Å². The van der Waals surface area contributed by atoms with Gasteiger partial charge in [0.2, 0.25) is 0 Å². The van der Waals surface area contributed by atoms with Crippen molar-refractivity contribution in [3.63, 3.8) is 0 Å². The molecule has 0 aromatic heterocycles. The zero-order valence-electron chi connectivity index (χ0n) is 9.93. The van der Waals surface area contributed by atoms with Crippen molar-refractivity contribution in [3.05, 3.63) is 35.9 Å². The summed E-state index contributed by atoms with van der Waals surface area (Å²) < 4.78 is 36.3. The van der Waals surface area contributed by atoms with Gasteiger partial charge in [0, 0.05) is 12.5 Å². The molecule has 17 heavy (non-hydrogen) atoms. The van der Waals surface area contributed by atoms with Crippen molar-refractivity contribution in [2.75, 3.05) is 7.05 Å². The van der Waals surface area contributed by atoms with Gasteiger partial charge in [-0.25, -0.2) is 0 Å². The molecule has 1 aromatic carbocycles. The molecule has 0 saturated heterocycles. The van der Waals surface area contributed by atoms with E-state index in [1.165, 1.54) is 5.56 Å². The zero-order valence-corrected chi connectivity index (χ0v) is 9.93. The summed E-state index contributed by atoms with van der Waals surface area (Å²) in [5, 5.41) is 2.94. The molecule has 1 aromatic rings. The lowest BCUT2D eigenvalue weighted by atomic mass is 10.0. The van der Waals surface area contributed by atoms with Gasteiger partial charge in [0.25, 0.3) is 0 Å². The van der Waals surface area contributed by atoms with Gasteiger partial charge in [-0.15, -0.1) is 0 Å². The number of aryl methyl sites for hydroxylation is 1. The van der Waals surface area contributed by atoms with E-state index in [9.17, 15) is 13.2 Å². The summed E-state index contributed by atoms with van der Waals surface area (Å²) in [7, 11) is 1.71. The highest BCUT2D eigenvalue weighted by atomic mass is 19.4. The fourth-order valence-corrected chi connectivity index (χ4v) is 1.76. The summed E-state index contributed by atoms with van der Waals surface area (Å²) in [5.41, 5.74) is 1.17. The first-order valence-electron chi connectivity index (χ1n) is 5.79. The van der Waals surface area contributed by atoms with Crippen LogP contribution in [-0.2, 0) is 6.42 Å². The summed E-state index contributed by atoms with van der Waals surface area (Å²) in [6.45, 7) is 0. The number of halogens is 3. The molecule has 1 N–H and O–H groups in total. The van der Waals surface area contributed by atoms with Gasteiger partial charge in [-0.2, -0.15) is 13.2 Å². The van der Waals surface area contributed by atoms with E-state index in [4.69, 9.17) is 0 Å². The lowest BCUT2D eigenvalue weighted by Gasteiger charge is -2.17. The summed E-state index contributed by atoms with van der Waals surface area (Å²) in [5.74, 6) is 0. The molecule has 0 bridgehead atoms. The highest BCUT2D eigenvalue weighted by Crippen LogP contribution is 2.23. The number of hydrogen-bond acceptors (Lipinski definition) is 1. The Kier molecular flexibility index (Phi) is 5.48. The van der Waals surface area contributed by atoms with Crippen LogP contribution in [0.3, 0.4) is 0 Å². The van der Waals surface area contributed by atoms with Crippen LogP contribution in [0.5, 0.6) is 0 Å². The standard InChI is InChI=1S/C13H18F3N/c1-17-12(9-10-13(14,15)16)8-7-11-5-3-2-4-6-11/h2-6,12,17H,7-10H2,1H3. The molecule has 0 spiro atoms. The monoisotopic (exact) mass is 245 g/mol. The fraction of sp³-hybridized carbons (Fsp3) is 0.538. The summed E-state index contributed by atoms with van der Waals surface area (Å²) in [6.07, 6.45) is -3.08. The van der Waals surface area contributed by atoms with Crippen LogP contribution in [-0.4, -0.2) is 19.3 Å². The molecule has 96 valence electrons. The Labute approximate surface area is 100 Å². The van der Waals surface area contributed by atoms with Gasteiger partial charge in [0.15, 0.2) is 0 Å². The summed E-state index contributed by atoms with van der Waals surface area (Å²) >= 11 is 0. The molecular weight excluding hydrogens is 227 g/mol. The van der Waals surface area contributed by atoms with Crippen molar-refractivity contribution < 1.29 is 13.2 Å². The van der Waals surface area contributed by atoms with Crippen LogP contribution in [0.2, 0.25) is 0 Å². The topological polar surface area (TPSA) is 12.0 Å². The quantitative estimate of drug-likeness (QED) is 0.808. The van der Waals surface area contributed by atoms with E-state index in [1.807, 2.05) is 30.3 Å². The number of alkyl halides is 3. The van der Waals surface area contributed by atoms with Crippen molar-refractivity contribution >= 4 is 0 Å². The number of hydrogen-bond donors (Lipinski definition) is 1. The minimum absolute atomic E-state index is 0.0724. The summed E-state index contributed by atoms with van der Waals surface area (Å²) in [6, 6.07) is 9.74. The average molecular weight is 245 g/mol. The van der Waals surface area contributed by atoms with Gasteiger partial charge in [0.05, 0.1) is 0 Å². The van der Waals surface area contributed by atoms with E-state index in [0.29, 0.717) is 0 Å². The number of nitrogens with one attached hydrogen (secondary N) is 1. The van der Waals surface area contributed by atoms with E-state index in [-0.39, 0.29) is 12.5 Å². The van der Waals surface area contributed by atoms with E-state index < -0.39 is 12.6 Å². The molecule has 1 nitrogen and oxygen atoms in total. The van der Waals surface area contributed by atoms with Crippen molar-refractivity contribution in [2.45, 2.75) is 37.9 Å². The SMILES string of the molecule is CNC(CCc1ccccc1)CCC(F)(F)F. The molecule has 0 saturated carbocycles. The van der Waals surface area contributed by atoms with Gasteiger partial charge in [-0.05, 0) is 31.9 Å². The highest BCUT2D eigenvalue weighted by Gasteiger charge is 2.27. The Morgan fingerprint density at radius 3 is 2.29 bits per heavy atom. The van der Waals surface area contributed by atoms with Gasteiger partial charge in [-0.1, -0.05) is 30.3 Å². The predicted molar refractivity (Wildman–Crippen MR) is 62.9 cm³/mol. The van der Waals surface area contributed by atoms with Gasteiger partial charge in [-0.3, -0.25) is 0 Å². The van der Waals surface area contributed by atoms with Crippen LogP contribution in [0.4, 0.5) is 13.2 Å². The third-order valence-corrected chi connectivity index (χ3v) is 2.81. The maximum absolute atomic E-state index is 12.1. The Bertz CT molecular complexity index is 308. The molecule has 1 atom stereocenters. The van der Waals surface area contributed by atoms with Crippen molar-refractivity contribution in [2.24, 2.45) is 0 Å². The minimum Gasteiger partial charge on any atom is -0.317 e. The van der Waals surface area contributed by atoms with Crippen LogP contribution in [0.25, 0.3) is 0 Å². The van der Waals surface area contributed by atoms with Crippen LogP contribution in [0.1, 0.15) is 24.8 Å². The van der Waals surface area contributed by atoms with Crippen molar-refractivity contribution in [3.8, 4) is 0 Å². The minimum atomic E-state index is -4.05. The molecule has 0 fully saturated rings. The Hall–Kier alpha value is -1.03. The van der Waals surface area contributed by atoms with E-state index >= 15 is 0 Å². The number of benzene rings is 1. The van der Waals surface area contributed by atoms with Gasteiger partial charge >= 0.3 is 6.18 Å². The second-order valence-corrected chi connectivity index (χ2v) is 4.16. The molecule has 1 unspecified atom stereocenters. The third kappa shape index (κ3) is 6.31. The lowest BCUT2D eigenvalue weighted by molar-refractivity contribution is -0.136. The molecule has 0 aliphatic heterocycles. The largest absolute Gasteiger partial charge is 0.389 e. The molecule has 0 aliphatic carbocycles. The van der Waals surface area contributed by atoms with Crippen LogP contribution >= 0.6 is 0 Å². The second-order valence-electron chi connectivity index (χ2n) is 4.16. The van der Waals surface area contributed by atoms with E-state index in [0.717, 1.165) is 12.8 Å². The first-order valence-corrected chi connectivity index (χ1v) is 5.79. The first-order chi connectivity index (χ1) is 8.01. The molecule has 0 aliphatic rings. The smallest absolute Gasteiger partial charge is 0.317 e. The van der Waals surface area contributed by atoms with Crippen molar-refractivity contribution in [1.82, 2.24) is 5.32 Å². The summed E-state index contributed by atoms with van der Waals surface area (Å²) in [4.78, 5) is 0. The lowest BCUT2D eigenvalue weighted by Crippen LogP contribution is -2.27. The molecule has 1 rings (SSSR count). The van der Waals surface area contributed by atoms with Gasteiger partial charge < -0.3 is 5.32 Å². The maximum Gasteiger partial charge on any atom is 0.389 e. The van der Waals surface area contributed by atoms with Crippen LogP contribution in [0.15, 0.2) is 30.3 Å². The Morgan fingerprint density at radius 1 is 1.12 bits per heavy atom. The predicted octanol–water partition coefficient (Wildman–Crippen LogP) is 3.55. The molecule has 0 radical (unpaired) electrons. The average Bonchev–Trinajstić information content (AvgIpc) is 2.29. The number of rotatable bonds is 6. The van der Waals surface area contributed by atoms with Gasteiger partial charge in [0.1, 0.15) is 0 Å². The Morgan fingerprint density at radius 2 is 1.76 bits per heavy atom. The molecule has 4 heteroatoms. The van der Waals surface area contributed by atoms with Crippen LogP contribution < -0.4 is 5.32 Å². The second kappa shape index (κ2) is 6.64. The molecule has 0 amide bonds. The molecular formula is C13H18F3N. The Balaban J connectivity index is 2.33. The highest BCUT2D eigenvalue weighted by molar-refractivity contribution is 5.14. The maximum atomic E-state index is 12.1. The zero-order chi connectivity index (χ0) is 12.7. The van der Waals surface area contributed by atoms with Crippen molar-refractivity contribution in [1.29, 1.82) is 0 Å². The van der Waals surface area contributed by atoms with E-state index in [1.54, 1.807) is 7.05 Å². The first kappa shape index (κ1) is 14.0. The fourth-order valence-electron chi connectivity index (χ4n) is 1.76. The van der Waals surface area contributed by atoms with Crippen LogP contribution in [0, 0.1) is 0 Å². The third-order valence-electron chi connectivity index (χ3n) is 2.81. The normalized spacial score (nSPS) is 13.6. The molecule has 0 heterocycles.